The molecule has 0 spiro atoms. The Morgan fingerprint density at radius 3 is 2.09 bits per heavy atom. The van der Waals surface area contributed by atoms with Crippen LogP contribution in [0.2, 0.25) is 0 Å². The Labute approximate surface area is 318 Å². The summed E-state index contributed by atoms with van der Waals surface area (Å²) in [6.45, 7) is 5.89. The fraction of sp³-hybridized carbons (Fsp3) is 0.400. The van der Waals surface area contributed by atoms with Gasteiger partial charge in [-0.25, -0.2) is 9.97 Å². The zero-order valence-corrected chi connectivity index (χ0v) is 31.7. The fourth-order valence-corrected chi connectivity index (χ4v) is 7.83. The van der Waals surface area contributed by atoms with Crippen LogP contribution in [-0.4, -0.2) is 50.4 Å². The number of amides is 2. The van der Waals surface area contributed by atoms with Crippen LogP contribution >= 0.6 is 0 Å². The molecule has 1 aromatic heterocycles. The minimum atomic E-state index is -1.11. The second-order valence-corrected chi connectivity index (χ2v) is 15.1. The number of benzene rings is 3. The Kier molecular flexibility index (Phi) is 12.9. The molecule has 282 valence electrons. The maximum Gasteiger partial charge on any atom is 0.323 e. The molecule has 4 aromatic rings. The first-order chi connectivity index (χ1) is 26.1. The molecular weight excluding hydrogens is 677 g/mol. The number of carboxylic acids is 1. The average Bonchev–Trinajstić information content (AvgIpc) is 3.18. The van der Waals surface area contributed by atoms with Crippen LogP contribution in [0.25, 0.3) is 17.0 Å². The molecule has 1 saturated carbocycles. The number of hydrogen-bond acceptors (Lipinski definition) is 6. The van der Waals surface area contributed by atoms with E-state index in [-0.39, 0.29) is 25.0 Å². The van der Waals surface area contributed by atoms with Crippen LogP contribution in [0, 0.1) is 17.8 Å². The van der Waals surface area contributed by atoms with Crippen molar-refractivity contribution >= 4 is 29.0 Å². The molecule has 2 amide bonds. The van der Waals surface area contributed by atoms with Crippen LogP contribution < -0.4 is 10.1 Å². The quantitative estimate of drug-likeness (QED) is 0.133. The number of nitrogens with one attached hydrogen (secondary N) is 1. The van der Waals surface area contributed by atoms with Crippen LogP contribution in [0.1, 0.15) is 99.2 Å². The standard InChI is InChI=1S/C45H52N4O5/c1-4-31-5-11-34(12-6-31)35-15-17-36(18-16-35)39-26-46-44(47-27-39)37-13-7-33(8-14-37)28-49(29-43(51)52)45(53)38-19-21-40(22-20-38)48-42(50)25-32-9-23-41(24-10-32)54-30(2)3/h7-10,13-14,17,19-24,26-27,30-31,34-35H,4-6,11-12,15-16,18,25,28-29H2,1-3H3,(H,48,50)(H,51,52)/t31-,34-,35?. The predicted molar refractivity (Wildman–Crippen MR) is 212 cm³/mol. The van der Waals surface area contributed by atoms with Gasteiger partial charge in [-0.1, -0.05) is 68.7 Å². The molecule has 1 unspecified atom stereocenters. The summed E-state index contributed by atoms with van der Waals surface area (Å²) in [5.74, 6) is 2.25. The molecule has 2 N–H and O–H groups in total. The van der Waals surface area contributed by atoms with Crippen LogP contribution in [0.3, 0.4) is 0 Å². The monoisotopic (exact) mass is 728 g/mol. The minimum absolute atomic E-state index is 0.0684. The number of carbonyl (C=O) groups is 3. The highest BCUT2D eigenvalue weighted by Crippen LogP contribution is 2.41. The third kappa shape index (κ3) is 10.4. The summed E-state index contributed by atoms with van der Waals surface area (Å²) in [5, 5.41) is 12.5. The second kappa shape index (κ2) is 18.1. The van der Waals surface area contributed by atoms with E-state index in [1.807, 2.05) is 74.8 Å². The van der Waals surface area contributed by atoms with Gasteiger partial charge >= 0.3 is 5.97 Å². The average molecular weight is 729 g/mol. The first-order valence-corrected chi connectivity index (χ1v) is 19.4. The highest BCUT2D eigenvalue weighted by molar-refractivity contribution is 5.97. The number of aliphatic carboxylic acids is 1. The maximum absolute atomic E-state index is 13.5. The minimum Gasteiger partial charge on any atom is -0.491 e. The first kappa shape index (κ1) is 38.4. The van der Waals surface area contributed by atoms with Crippen molar-refractivity contribution < 1.29 is 24.2 Å². The van der Waals surface area contributed by atoms with Gasteiger partial charge in [-0.15, -0.1) is 0 Å². The van der Waals surface area contributed by atoms with Gasteiger partial charge in [-0.3, -0.25) is 14.4 Å². The molecule has 6 rings (SSSR count). The Bertz CT molecular complexity index is 1900. The molecule has 9 nitrogen and oxygen atoms in total. The molecule has 0 aliphatic heterocycles. The summed E-state index contributed by atoms with van der Waals surface area (Å²) in [6.07, 6.45) is 16.9. The van der Waals surface area contributed by atoms with Crippen molar-refractivity contribution in [2.24, 2.45) is 17.8 Å². The normalized spacial score (nSPS) is 18.4. The topological polar surface area (TPSA) is 122 Å². The van der Waals surface area contributed by atoms with E-state index >= 15 is 0 Å². The first-order valence-electron chi connectivity index (χ1n) is 19.4. The van der Waals surface area contributed by atoms with Crippen molar-refractivity contribution in [1.29, 1.82) is 0 Å². The van der Waals surface area contributed by atoms with Gasteiger partial charge in [0, 0.05) is 41.3 Å². The van der Waals surface area contributed by atoms with E-state index in [4.69, 9.17) is 4.74 Å². The SMILES string of the molecule is CC[C@H]1CC[C@H](C2CC=C(c3cnc(-c4ccc(CN(CC(=O)O)C(=O)c5ccc(NC(=O)Cc6ccc(OC(C)C)cc6)cc5)cc4)nc3)CC2)CC1. The van der Waals surface area contributed by atoms with Gasteiger partial charge in [-0.2, -0.15) is 0 Å². The van der Waals surface area contributed by atoms with Crippen molar-refractivity contribution in [2.75, 3.05) is 11.9 Å². The number of carbonyl (C=O) groups excluding carboxylic acids is 2. The lowest BCUT2D eigenvalue weighted by Gasteiger charge is -2.35. The highest BCUT2D eigenvalue weighted by atomic mass is 16.5. The van der Waals surface area contributed by atoms with E-state index in [0.29, 0.717) is 17.1 Å². The molecule has 1 heterocycles. The van der Waals surface area contributed by atoms with E-state index in [9.17, 15) is 19.5 Å². The van der Waals surface area contributed by atoms with Crippen molar-refractivity contribution in [3.63, 3.8) is 0 Å². The van der Waals surface area contributed by atoms with Crippen LogP contribution in [-0.2, 0) is 22.6 Å². The highest BCUT2D eigenvalue weighted by Gasteiger charge is 2.28. The van der Waals surface area contributed by atoms with Gasteiger partial charge < -0.3 is 20.1 Å². The smallest absolute Gasteiger partial charge is 0.323 e. The van der Waals surface area contributed by atoms with Gasteiger partial charge in [0.05, 0.1) is 12.5 Å². The summed E-state index contributed by atoms with van der Waals surface area (Å²) in [5.41, 5.74) is 5.75. The third-order valence-electron chi connectivity index (χ3n) is 10.9. The number of hydrogen-bond donors (Lipinski definition) is 2. The van der Waals surface area contributed by atoms with Crippen molar-refractivity contribution in [3.8, 4) is 17.1 Å². The molecule has 54 heavy (non-hydrogen) atoms. The zero-order valence-electron chi connectivity index (χ0n) is 31.7. The molecule has 1 fully saturated rings. The second-order valence-electron chi connectivity index (χ2n) is 15.1. The van der Waals surface area contributed by atoms with Gasteiger partial charge in [0.1, 0.15) is 12.3 Å². The number of rotatable bonds is 14. The fourth-order valence-electron chi connectivity index (χ4n) is 7.83. The van der Waals surface area contributed by atoms with Crippen molar-refractivity contribution in [2.45, 2.75) is 91.2 Å². The molecule has 2 aliphatic rings. The number of nitrogens with zero attached hydrogens (tertiary/aromatic N) is 3. The Hall–Kier alpha value is -5.31. The van der Waals surface area contributed by atoms with Crippen LogP contribution in [0.5, 0.6) is 5.75 Å². The van der Waals surface area contributed by atoms with Crippen LogP contribution in [0.4, 0.5) is 5.69 Å². The number of carboxylic acid groups (broad SMARTS) is 1. The van der Waals surface area contributed by atoms with Crippen molar-refractivity contribution in [3.05, 3.63) is 114 Å². The van der Waals surface area contributed by atoms with E-state index in [2.05, 4.69) is 28.3 Å². The summed E-state index contributed by atoms with van der Waals surface area (Å²) in [4.78, 5) is 48.5. The summed E-state index contributed by atoms with van der Waals surface area (Å²) in [7, 11) is 0. The Morgan fingerprint density at radius 2 is 1.50 bits per heavy atom. The lowest BCUT2D eigenvalue weighted by molar-refractivity contribution is -0.137. The van der Waals surface area contributed by atoms with Crippen LogP contribution in [0.15, 0.2) is 91.3 Å². The lowest BCUT2D eigenvalue weighted by atomic mass is 9.71. The van der Waals surface area contributed by atoms with E-state index in [1.54, 1.807) is 24.3 Å². The molecule has 9 heteroatoms. The van der Waals surface area contributed by atoms with Gasteiger partial charge in [0.25, 0.3) is 5.91 Å². The molecular formula is C45H52N4O5. The zero-order chi connectivity index (χ0) is 38.0. The van der Waals surface area contributed by atoms with E-state index in [0.717, 1.165) is 58.6 Å². The molecule has 0 saturated heterocycles. The number of allylic oxidation sites excluding steroid dienone is 2. The number of ether oxygens (including phenoxy) is 1. The summed E-state index contributed by atoms with van der Waals surface area (Å²) >= 11 is 0. The molecule has 2 aliphatic carbocycles. The number of aromatic nitrogens is 2. The third-order valence-corrected chi connectivity index (χ3v) is 10.9. The molecule has 0 radical (unpaired) electrons. The van der Waals surface area contributed by atoms with E-state index in [1.165, 1.54) is 49.0 Å². The Morgan fingerprint density at radius 1 is 0.833 bits per heavy atom. The molecule has 3 aromatic carbocycles. The molecule has 0 bridgehead atoms. The lowest BCUT2D eigenvalue weighted by Crippen LogP contribution is -2.35. The van der Waals surface area contributed by atoms with E-state index < -0.39 is 18.4 Å². The van der Waals surface area contributed by atoms with Gasteiger partial charge in [0.2, 0.25) is 5.91 Å². The maximum atomic E-state index is 13.5. The predicted octanol–water partition coefficient (Wildman–Crippen LogP) is 9.24. The Balaban J connectivity index is 1.02. The summed E-state index contributed by atoms with van der Waals surface area (Å²) < 4.78 is 5.66. The largest absolute Gasteiger partial charge is 0.491 e. The van der Waals surface area contributed by atoms with Crippen molar-refractivity contribution in [1.82, 2.24) is 14.9 Å². The molecule has 1 atom stereocenters. The van der Waals surface area contributed by atoms with Gasteiger partial charge in [0.15, 0.2) is 5.82 Å². The summed E-state index contributed by atoms with van der Waals surface area (Å²) in [6, 6.07) is 21.4. The number of anilines is 1. The van der Waals surface area contributed by atoms with Gasteiger partial charge in [-0.05, 0) is 117 Å².